The number of nitrogens with one attached hydrogen (secondary N) is 1. The minimum absolute atomic E-state index is 0.306. The van der Waals surface area contributed by atoms with Gasteiger partial charge in [-0.05, 0) is 38.8 Å². The largest absolute Gasteiger partial charge is 0.379 e. The van der Waals surface area contributed by atoms with Gasteiger partial charge in [-0.1, -0.05) is 12.1 Å². The van der Waals surface area contributed by atoms with Gasteiger partial charge in [-0.2, -0.15) is 0 Å². The molecule has 0 aliphatic heterocycles. The van der Waals surface area contributed by atoms with E-state index in [2.05, 4.69) is 20.5 Å². The summed E-state index contributed by atoms with van der Waals surface area (Å²) in [6, 6.07) is 7.72. The molecule has 0 bridgehead atoms. The highest BCUT2D eigenvalue weighted by atomic mass is 16.5. The summed E-state index contributed by atoms with van der Waals surface area (Å²) in [4.78, 5) is 4.41. The molecule has 1 aromatic heterocycles. The van der Waals surface area contributed by atoms with Crippen molar-refractivity contribution in [3.8, 4) is 0 Å². The van der Waals surface area contributed by atoms with Crippen molar-refractivity contribution in [2.75, 3.05) is 18.5 Å². The van der Waals surface area contributed by atoms with Crippen molar-refractivity contribution in [3.05, 3.63) is 24.3 Å². The lowest BCUT2D eigenvalue weighted by Crippen LogP contribution is -2.09. The van der Waals surface area contributed by atoms with Crippen molar-refractivity contribution >= 4 is 17.0 Å². The molecule has 2 aromatic rings. The number of anilines is 1. The Balaban J connectivity index is 1.75. The number of hydrogen-bond donors (Lipinski definition) is 1. The van der Waals surface area contributed by atoms with Gasteiger partial charge in [-0.15, -0.1) is 10.2 Å². The first-order valence-electron chi connectivity index (χ1n) is 6.70. The lowest BCUT2D eigenvalue weighted by atomic mass is 10.3. The normalized spacial score (nSPS) is 11.1. The standard InChI is InChI=1S/C14H20N4O/c1-11(2)19-10-6-5-9-15-14-16-12-7-3-4-8-13(12)17-18-14/h3-4,7-8,11H,5-6,9-10H2,1-2H3,(H,15,16,18). The molecule has 0 radical (unpaired) electrons. The zero-order valence-electron chi connectivity index (χ0n) is 11.5. The SMILES string of the molecule is CC(C)OCCCCNc1nnc2ccccc2n1. The number of benzene rings is 1. The molecule has 0 atom stereocenters. The molecule has 0 amide bonds. The zero-order valence-corrected chi connectivity index (χ0v) is 11.5. The third-order valence-corrected chi connectivity index (χ3v) is 2.67. The summed E-state index contributed by atoms with van der Waals surface area (Å²) in [6.07, 6.45) is 2.37. The van der Waals surface area contributed by atoms with E-state index < -0.39 is 0 Å². The zero-order chi connectivity index (χ0) is 13.5. The van der Waals surface area contributed by atoms with E-state index in [1.165, 1.54) is 0 Å². The Morgan fingerprint density at radius 3 is 2.68 bits per heavy atom. The fourth-order valence-corrected chi connectivity index (χ4v) is 1.70. The summed E-state index contributed by atoms with van der Waals surface area (Å²) < 4.78 is 5.48. The highest BCUT2D eigenvalue weighted by Gasteiger charge is 2.00. The van der Waals surface area contributed by atoms with Crippen molar-refractivity contribution in [2.24, 2.45) is 0 Å². The molecule has 0 saturated carbocycles. The first-order chi connectivity index (χ1) is 9.25. The van der Waals surface area contributed by atoms with Crippen molar-refractivity contribution in [2.45, 2.75) is 32.8 Å². The smallest absolute Gasteiger partial charge is 0.243 e. The molecule has 0 unspecified atom stereocenters. The molecule has 1 heterocycles. The highest BCUT2D eigenvalue weighted by Crippen LogP contribution is 2.08. The van der Waals surface area contributed by atoms with E-state index in [1.54, 1.807) is 0 Å². The van der Waals surface area contributed by atoms with Crippen molar-refractivity contribution in [1.29, 1.82) is 0 Å². The van der Waals surface area contributed by atoms with Crippen LogP contribution in [0.4, 0.5) is 5.95 Å². The van der Waals surface area contributed by atoms with E-state index in [0.29, 0.717) is 12.1 Å². The second-order valence-corrected chi connectivity index (χ2v) is 4.68. The fraction of sp³-hybridized carbons (Fsp3) is 0.500. The summed E-state index contributed by atoms with van der Waals surface area (Å²) in [7, 11) is 0. The Morgan fingerprint density at radius 2 is 1.89 bits per heavy atom. The Kier molecular flexibility index (Phi) is 5.03. The van der Waals surface area contributed by atoms with Crippen LogP contribution in [0.5, 0.6) is 0 Å². The first kappa shape index (κ1) is 13.7. The van der Waals surface area contributed by atoms with Crippen LogP contribution in [0.3, 0.4) is 0 Å². The number of unbranched alkanes of at least 4 members (excludes halogenated alkanes) is 1. The molecule has 1 aromatic carbocycles. The topological polar surface area (TPSA) is 59.9 Å². The minimum atomic E-state index is 0.306. The molecule has 0 fully saturated rings. The number of aromatic nitrogens is 3. The predicted octanol–water partition coefficient (Wildman–Crippen LogP) is 2.64. The molecular weight excluding hydrogens is 240 g/mol. The van der Waals surface area contributed by atoms with E-state index in [0.717, 1.165) is 37.0 Å². The monoisotopic (exact) mass is 260 g/mol. The average Bonchev–Trinajstić information content (AvgIpc) is 2.42. The Morgan fingerprint density at radius 1 is 1.11 bits per heavy atom. The molecule has 5 nitrogen and oxygen atoms in total. The molecular formula is C14H20N4O. The maximum Gasteiger partial charge on any atom is 0.243 e. The minimum Gasteiger partial charge on any atom is -0.379 e. The second-order valence-electron chi connectivity index (χ2n) is 4.68. The van der Waals surface area contributed by atoms with Gasteiger partial charge in [0.2, 0.25) is 5.95 Å². The molecule has 1 N–H and O–H groups in total. The van der Waals surface area contributed by atoms with Crippen LogP contribution >= 0.6 is 0 Å². The molecule has 0 aliphatic rings. The third kappa shape index (κ3) is 4.44. The number of para-hydroxylation sites is 1. The molecule has 19 heavy (non-hydrogen) atoms. The van der Waals surface area contributed by atoms with Gasteiger partial charge in [-0.25, -0.2) is 4.98 Å². The van der Waals surface area contributed by atoms with E-state index >= 15 is 0 Å². The van der Waals surface area contributed by atoms with E-state index in [1.807, 2.05) is 38.1 Å². The van der Waals surface area contributed by atoms with Gasteiger partial charge in [0.1, 0.15) is 5.52 Å². The highest BCUT2D eigenvalue weighted by molar-refractivity contribution is 5.73. The maximum absolute atomic E-state index is 5.48. The van der Waals surface area contributed by atoms with Crippen molar-refractivity contribution in [3.63, 3.8) is 0 Å². The van der Waals surface area contributed by atoms with E-state index in [9.17, 15) is 0 Å². The van der Waals surface area contributed by atoms with Crippen molar-refractivity contribution < 1.29 is 4.74 Å². The third-order valence-electron chi connectivity index (χ3n) is 2.67. The van der Waals surface area contributed by atoms with Crippen LogP contribution in [0.25, 0.3) is 11.0 Å². The Labute approximate surface area is 113 Å². The Bertz CT molecular complexity index is 516. The van der Waals surface area contributed by atoms with Crippen LogP contribution in [-0.2, 0) is 4.74 Å². The van der Waals surface area contributed by atoms with Gasteiger partial charge in [0.25, 0.3) is 0 Å². The molecule has 5 heteroatoms. The van der Waals surface area contributed by atoms with Gasteiger partial charge in [-0.3, -0.25) is 0 Å². The molecule has 0 spiro atoms. The maximum atomic E-state index is 5.48. The number of nitrogens with zero attached hydrogens (tertiary/aromatic N) is 3. The quantitative estimate of drug-likeness (QED) is 0.775. The van der Waals surface area contributed by atoms with Crippen LogP contribution in [0, 0.1) is 0 Å². The Hall–Kier alpha value is -1.75. The predicted molar refractivity (Wildman–Crippen MR) is 76.1 cm³/mol. The second kappa shape index (κ2) is 6.99. The van der Waals surface area contributed by atoms with E-state index in [4.69, 9.17) is 4.74 Å². The van der Waals surface area contributed by atoms with Crippen molar-refractivity contribution in [1.82, 2.24) is 15.2 Å². The van der Waals surface area contributed by atoms with E-state index in [-0.39, 0.29) is 0 Å². The first-order valence-corrected chi connectivity index (χ1v) is 6.70. The number of hydrogen-bond acceptors (Lipinski definition) is 5. The molecule has 0 saturated heterocycles. The van der Waals surface area contributed by atoms with Crippen LogP contribution in [0.15, 0.2) is 24.3 Å². The molecule has 102 valence electrons. The van der Waals surface area contributed by atoms with Gasteiger partial charge in [0.15, 0.2) is 0 Å². The van der Waals surface area contributed by atoms with Gasteiger partial charge in [0.05, 0.1) is 11.6 Å². The summed E-state index contributed by atoms with van der Waals surface area (Å²) in [5.74, 6) is 0.587. The average molecular weight is 260 g/mol. The lowest BCUT2D eigenvalue weighted by Gasteiger charge is -2.07. The summed E-state index contributed by atoms with van der Waals surface area (Å²) in [5.41, 5.74) is 1.68. The van der Waals surface area contributed by atoms with Crippen LogP contribution in [0.1, 0.15) is 26.7 Å². The number of fused-ring (bicyclic) bond motifs is 1. The lowest BCUT2D eigenvalue weighted by molar-refractivity contribution is 0.0765. The fourth-order valence-electron chi connectivity index (χ4n) is 1.70. The van der Waals surface area contributed by atoms with Crippen LogP contribution < -0.4 is 5.32 Å². The summed E-state index contributed by atoms with van der Waals surface area (Å²) >= 11 is 0. The number of rotatable bonds is 7. The van der Waals surface area contributed by atoms with Crippen LogP contribution in [-0.4, -0.2) is 34.4 Å². The molecule has 0 aliphatic carbocycles. The van der Waals surface area contributed by atoms with Gasteiger partial charge < -0.3 is 10.1 Å². The van der Waals surface area contributed by atoms with Gasteiger partial charge in [0, 0.05) is 13.2 Å². The summed E-state index contributed by atoms with van der Waals surface area (Å²) in [5, 5.41) is 11.4. The van der Waals surface area contributed by atoms with Crippen LogP contribution in [0.2, 0.25) is 0 Å². The van der Waals surface area contributed by atoms with Gasteiger partial charge >= 0.3 is 0 Å². The molecule has 2 rings (SSSR count). The summed E-state index contributed by atoms with van der Waals surface area (Å²) in [6.45, 7) is 5.73. The number of ether oxygens (including phenoxy) is 1.